The minimum absolute atomic E-state index is 0.153. The molecular weight excluding hydrogens is 232 g/mol. The van der Waals surface area contributed by atoms with E-state index in [-0.39, 0.29) is 5.75 Å². The van der Waals surface area contributed by atoms with Crippen LogP contribution in [0, 0.1) is 0 Å². The lowest BCUT2D eigenvalue weighted by atomic mass is 10.2. The number of ether oxygens (including phenoxy) is 1. The van der Waals surface area contributed by atoms with Crippen molar-refractivity contribution in [2.24, 2.45) is 0 Å². The monoisotopic (exact) mass is 252 g/mol. The molecule has 0 aliphatic rings. The van der Waals surface area contributed by atoms with E-state index in [4.69, 9.17) is 4.74 Å². The first-order chi connectivity index (χ1) is 7.16. The average molecular weight is 252 g/mol. The second-order valence-electron chi connectivity index (χ2n) is 4.52. The Bertz CT molecular complexity index is 313. The van der Waals surface area contributed by atoms with Crippen molar-refractivity contribution in [3.63, 3.8) is 0 Å². The number of hydrogen-bond acceptors (Lipinski definition) is 5. The Hall–Kier alpha value is -0.780. The van der Waals surface area contributed by atoms with Gasteiger partial charge in [-0.05, 0) is 27.2 Å². The van der Waals surface area contributed by atoms with E-state index in [1.807, 2.05) is 6.92 Å². The predicted molar refractivity (Wildman–Crippen MR) is 60.6 cm³/mol. The Morgan fingerprint density at radius 1 is 1.19 bits per heavy atom. The molecule has 0 saturated carbocycles. The summed E-state index contributed by atoms with van der Waals surface area (Å²) >= 11 is 0. The molecule has 6 heteroatoms. The molecule has 0 heterocycles. The minimum Gasteiger partial charge on any atom is -0.428 e. The normalized spacial score (nSPS) is 12.2. The van der Waals surface area contributed by atoms with Gasteiger partial charge in [0.2, 0.25) is 0 Å². The van der Waals surface area contributed by atoms with Gasteiger partial charge in [-0.1, -0.05) is 19.8 Å². The molecule has 0 aliphatic heterocycles. The summed E-state index contributed by atoms with van der Waals surface area (Å²) in [7, 11) is -3.80. The zero-order chi connectivity index (χ0) is 12.8. The van der Waals surface area contributed by atoms with E-state index in [0.717, 1.165) is 12.8 Å². The molecule has 0 bridgehead atoms. The Morgan fingerprint density at radius 3 is 2.19 bits per heavy atom. The highest BCUT2D eigenvalue weighted by molar-refractivity contribution is 7.87. The van der Waals surface area contributed by atoms with Crippen LogP contribution in [-0.4, -0.2) is 25.9 Å². The minimum atomic E-state index is -3.80. The second kappa shape index (κ2) is 6.08. The van der Waals surface area contributed by atoms with Crippen LogP contribution >= 0.6 is 0 Å². The molecule has 0 unspecified atom stereocenters. The van der Waals surface area contributed by atoms with Crippen LogP contribution < -0.4 is 0 Å². The van der Waals surface area contributed by atoms with Crippen LogP contribution in [0.1, 0.15) is 47.0 Å². The van der Waals surface area contributed by atoms with E-state index >= 15 is 0 Å². The van der Waals surface area contributed by atoms with Crippen molar-refractivity contribution in [1.82, 2.24) is 0 Å². The highest BCUT2D eigenvalue weighted by atomic mass is 32.2. The summed E-state index contributed by atoms with van der Waals surface area (Å²) in [4.78, 5) is 11.1. The summed E-state index contributed by atoms with van der Waals surface area (Å²) in [6.07, 6.45) is 1.02. The predicted octanol–water partition coefficient (Wildman–Crippen LogP) is 2.46. The molecule has 5 nitrogen and oxygen atoms in total. The van der Waals surface area contributed by atoms with Gasteiger partial charge in [0.05, 0.1) is 5.75 Å². The molecule has 0 radical (unpaired) electrons. The fourth-order valence-electron chi connectivity index (χ4n) is 0.941. The fraction of sp³-hybridized carbons (Fsp3) is 0.900. The molecule has 0 saturated heterocycles. The second-order valence-corrected chi connectivity index (χ2v) is 6.21. The molecule has 0 spiro atoms. The third kappa shape index (κ3) is 8.52. The smallest absolute Gasteiger partial charge is 0.428 e. The maximum absolute atomic E-state index is 11.3. The summed E-state index contributed by atoms with van der Waals surface area (Å²) in [6.45, 7) is 6.87. The quantitative estimate of drug-likeness (QED) is 0.427. The van der Waals surface area contributed by atoms with E-state index in [1.165, 1.54) is 0 Å². The molecule has 0 aromatic rings. The van der Waals surface area contributed by atoms with Crippen LogP contribution in [0.25, 0.3) is 0 Å². The SMILES string of the molecule is CCCCCS(=O)(=O)OC(=O)OC(C)(C)C. The number of unbranched alkanes of at least 4 members (excludes halogenated alkanes) is 2. The lowest BCUT2D eigenvalue weighted by molar-refractivity contribution is 0.0222. The van der Waals surface area contributed by atoms with Crippen LogP contribution in [0.4, 0.5) is 4.79 Å². The van der Waals surface area contributed by atoms with Crippen LogP contribution in [0.3, 0.4) is 0 Å². The van der Waals surface area contributed by atoms with Crippen molar-refractivity contribution < 1.29 is 22.1 Å². The number of rotatable bonds is 5. The van der Waals surface area contributed by atoms with Crippen molar-refractivity contribution in [1.29, 1.82) is 0 Å². The zero-order valence-corrected chi connectivity index (χ0v) is 11.1. The van der Waals surface area contributed by atoms with Gasteiger partial charge >= 0.3 is 16.3 Å². The van der Waals surface area contributed by atoms with Crippen molar-refractivity contribution >= 4 is 16.3 Å². The highest BCUT2D eigenvalue weighted by Gasteiger charge is 2.23. The lowest BCUT2D eigenvalue weighted by Crippen LogP contribution is -2.26. The first kappa shape index (κ1) is 15.2. The average Bonchev–Trinajstić information content (AvgIpc) is 1.98. The standard InChI is InChI=1S/C10H20O5S/c1-5-6-7-8-16(12,13)15-9(11)14-10(2,3)4/h5-8H2,1-4H3. The van der Waals surface area contributed by atoms with Gasteiger partial charge in [0.25, 0.3) is 0 Å². The first-order valence-electron chi connectivity index (χ1n) is 5.31. The lowest BCUT2D eigenvalue weighted by Gasteiger charge is -2.18. The van der Waals surface area contributed by atoms with Gasteiger partial charge in [-0.3, -0.25) is 0 Å². The van der Waals surface area contributed by atoms with Gasteiger partial charge in [-0.2, -0.15) is 8.42 Å². The summed E-state index contributed by atoms with van der Waals surface area (Å²) in [5, 5.41) is 0. The molecular formula is C10H20O5S. The Kier molecular flexibility index (Phi) is 5.78. The van der Waals surface area contributed by atoms with Gasteiger partial charge in [-0.15, -0.1) is 0 Å². The van der Waals surface area contributed by atoms with Crippen molar-refractivity contribution in [2.45, 2.75) is 52.6 Å². The summed E-state index contributed by atoms with van der Waals surface area (Å²) in [5.41, 5.74) is -0.754. The van der Waals surface area contributed by atoms with Gasteiger partial charge in [0.15, 0.2) is 0 Å². The number of carbonyl (C=O) groups is 1. The van der Waals surface area contributed by atoms with E-state index in [9.17, 15) is 13.2 Å². The van der Waals surface area contributed by atoms with Crippen LogP contribution in [0.5, 0.6) is 0 Å². The van der Waals surface area contributed by atoms with Crippen molar-refractivity contribution in [3.05, 3.63) is 0 Å². The van der Waals surface area contributed by atoms with Gasteiger partial charge in [0, 0.05) is 0 Å². The van der Waals surface area contributed by atoms with E-state index in [0.29, 0.717) is 6.42 Å². The third-order valence-corrected chi connectivity index (χ3v) is 2.76. The van der Waals surface area contributed by atoms with Gasteiger partial charge in [-0.25, -0.2) is 4.79 Å². The van der Waals surface area contributed by atoms with Crippen molar-refractivity contribution in [3.8, 4) is 0 Å². The summed E-state index contributed by atoms with van der Waals surface area (Å²) in [5.74, 6) is -0.153. The first-order valence-corrected chi connectivity index (χ1v) is 6.89. The van der Waals surface area contributed by atoms with Crippen molar-refractivity contribution in [2.75, 3.05) is 5.75 Å². The van der Waals surface area contributed by atoms with Gasteiger partial charge in [0.1, 0.15) is 5.60 Å². The molecule has 0 fully saturated rings. The molecule has 16 heavy (non-hydrogen) atoms. The molecule has 0 aliphatic carbocycles. The molecule has 96 valence electrons. The van der Waals surface area contributed by atoms with E-state index in [1.54, 1.807) is 20.8 Å². The highest BCUT2D eigenvalue weighted by Crippen LogP contribution is 2.10. The van der Waals surface area contributed by atoms with Gasteiger partial charge < -0.3 is 8.92 Å². The van der Waals surface area contributed by atoms with Crippen LogP contribution in [-0.2, 0) is 19.0 Å². The Labute approximate surface area is 97.2 Å². The van der Waals surface area contributed by atoms with Crippen LogP contribution in [0.15, 0.2) is 0 Å². The summed E-state index contributed by atoms with van der Waals surface area (Å²) < 4.78 is 31.6. The van der Waals surface area contributed by atoms with E-state index in [2.05, 4.69) is 4.18 Å². The fourth-order valence-corrected chi connectivity index (χ4v) is 1.82. The number of carbonyl (C=O) groups excluding carboxylic acids is 1. The third-order valence-electron chi connectivity index (χ3n) is 1.58. The summed E-state index contributed by atoms with van der Waals surface area (Å²) in [6, 6.07) is 0. The molecule has 0 amide bonds. The largest absolute Gasteiger partial charge is 0.524 e. The molecule has 0 rings (SSSR count). The molecule has 0 atom stereocenters. The molecule has 0 N–H and O–H groups in total. The maximum atomic E-state index is 11.3. The van der Waals surface area contributed by atoms with E-state index < -0.39 is 21.9 Å². The topological polar surface area (TPSA) is 69.7 Å². The molecule has 0 aromatic carbocycles. The Balaban J connectivity index is 4.11. The van der Waals surface area contributed by atoms with Crippen LogP contribution in [0.2, 0.25) is 0 Å². The number of hydrogen-bond donors (Lipinski definition) is 0. The maximum Gasteiger partial charge on any atom is 0.524 e. The Morgan fingerprint density at radius 2 is 1.75 bits per heavy atom. The zero-order valence-electron chi connectivity index (χ0n) is 10.3. The molecule has 0 aromatic heterocycles.